The van der Waals surface area contributed by atoms with E-state index >= 15 is 0 Å². The Morgan fingerprint density at radius 1 is 1.47 bits per heavy atom. The predicted octanol–water partition coefficient (Wildman–Crippen LogP) is 0.395. The van der Waals surface area contributed by atoms with Gasteiger partial charge >= 0.3 is 5.97 Å². The van der Waals surface area contributed by atoms with Crippen molar-refractivity contribution >= 4 is 16.0 Å². The van der Waals surface area contributed by atoms with Crippen LogP contribution in [0.4, 0.5) is 0 Å². The number of carbonyl (C=O) groups is 1. The quantitative estimate of drug-likeness (QED) is 0.653. The van der Waals surface area contributed by atoms with E-state index in [1.165, 1.54) is 7.11 Å². The summed E-state index contributed by atoms with van der Waals surface area (Å²) in [5.41, 5.74) is 0. The van der Waals surface area contributed by atoms with Crippen LogP contribution in [0.15, 0.2) is 0 Å². The Bertz CT molecular complexity index is 328. The van der Waals surface area contributed by atoms with E-state index in [1.54, 1.807) is 6.92 Å². The van der Waals surface area contributed by atoms with Gasteiger partial charge in [-0.1, -0.05) is 13.8 Å². The zero-order valence-electron chi connectivity index (χ0n) is 10.5. The zero-order valence-corrected chi connectivity index (χ0v) is 11.4. The number of carboxylic acids is 1. The summed E-state index contributed by atoms with van der Waals surface area (Å²) in [7, 11) is -2.02. The second-order valence-corrected chi connectivity index (χ2v) is 6.08. The van der Waals surface area contributed by atoms with Crippen LogP contribution < -0.4 is 0 Å². The lowest BCUT2D eigenvalue weighted by Gasteiger charge is -2.21. The fourth-order valence-corrected chi connectivity index (χ4v) is 3.31. The fraction of sp³-hybridized carbons (Fsp3) is 0.900. The van der Waals surface area contributed by atoms with Gasteiger partial charge in [0, 0.05) is 20.3 Å². The van der Waals surface area contributed by atoms with Gasteiger partial charge in [0.25, 0.3) is 0 Å². The lowest BCUT2D eigenvalue weighted by Crippen LogP contribution is -2.39. The molecule has 1 N–H and O–H groups in total. The second kappa shape index (κ2) is 7.62. The summed E-state index contributed by atoms with van der Waals surface area (Å²) in [6, 6.07) is 0. The van der Waals surface area contributed by atoms with Gasteiger partial charge in [-0.2, -0.15) is 4.31 Å². The van der Waals surface area contributed by atoms with E-state index < -0.39 is 22.5 Å². The molecule has 1 atom stereocenters. The summed E-state index contributed by atoms with van der Waals surface area (Å²) >= 11 is 0. The molecule has 0 aromatic carbocycles. The minimum Gasteiger partial charge on any atom is -0.480 e. The van der Waals surface area contributed by atoms with Crippen LogP contribution in [-0.4, -0.2) is 56.4 Å². The number of hydrogen-bond acceptors (Lipinski definition) is 4. The van der Waals surface area contributed by atoms with E-state index in [9.17, 15) is 13.2 Å². The van der Waals surface area contributed by atoms with Crippen molar-refractivity contribution in [2.75, 3.05) is 32.6 Å². The van der Waals surface area contributed by atoms with Crippen molar-refractivity contribution in [1.82, 2.24) is 4.31 Å². The number of methoxy groups -OCH3 is 1. The van der Waals surface area contributed by atoms with Crippen LogP contribution in [0, 0.1) is 5.92 Å². The highest BCUT2D eigenvalue weighted by Gasteiger charge is 2.25. The number of ether oxygens (including phenoxy) is 1. The minimum atomic E-state index is -3.53. The smallest absolute Gasteiger partial charge is 0.318 e. The number of aliphatic carboxylic acids is 1. The van der Waals surface area contributed by atoms with Gasteiger partial charge in [0.15, 0.2) is 0 Å². The van der Waals surface area contributed by atoms with Crippen LogP contribution in [0.1, 0.15) is 20.3 Å². The van der Waals surface area contributed by atoms with Crippen molar-refractivity contribution < 1.29 is 23.1 Å². The Balaban J connectivity index is 4.64. The normalized spacial score (nSPS) is 13.9. The summed E-state index contributed by atoms with van der Waals surface area (Å²) < 4.78 is 29.8. The third-order valence-corrected chi connectivity index (χ3v) is 4.21. The molecule has 0 spiro atoms. The molecule has 0 aromatic rings. The highest BCUT2D eigenvalue weighted by atomic mass is 32.2. The summed E-state index contributed by atoms with van der Waals surface area (Å²) in [5, 5.41) is 8.68. The van der Waals surface area contributed by atoms with Crippen LogP contribution in [0.3, 0.4) is 0 Å². The molecule has 0 saturated carbocycles. The summed E-state index contributed by atoms with van der Waals surface area (Å²) in [4.78, 5) is 10.6. The number of nitrogens with zero attached hydrogens (tertiary/aromatic N) is 1. The van der Waals surface area contributed by atoms with Gasteiger partial charge < -0.3 is 9.84 Å². The molecule has 1 unspecified atom stereocenters. The first-order chi connectivity index (χ1) is 7.83. The number of sulfonamides is 1. The van der Waals surface area contributed by atoms with Crippen molar-refractivity contribution in [2.45, 2.75) is 20.3 Å². The maximum atomic E-state index is 11.9. The monoisotopic (exact) mass is 267 g/mol. The molecule has 0 rings (SSSR count). The van der Waals surface area contributed by atoms with Gasteiger partial charge in [0.2, 0.25) is 10.0 Å². The van der Waals surface area contributed by atoms with E-state index in [-0.39, 0.29) is 18.2 Å². The van der Waals surface area contributed by atoms with Crippen molar-refractivity contribution in [3.05, 3.63) is 0 Å². The summed E-state index contributed by atoms with van der Waals surface area (Å²) in [6.07, 6.45) is 0.588. The number of hydrogen-bond donors (Lipinski definition) is 1. The summed E-state index contributed by atoms with van der Waals surface area (Å²) in [5.74, 6) is -1.38. The Morgan fingerprint density at radius 3 is 2.47 bits per heavy atom. The first kappa shape index (κ1) is 16.3. The molecule has 0 aromatic heterocycles. The largest absolute Gasteiger partial charge is 0.480 e. The SMILES string of the molecule is CCCN(CC(=O)O)S(=O)(=O)CC(C)COC. The van der Waals surface area contributed by atoms with Crippen LogP contribution in [0.2, 0.25) is 0 Å². The molecule has 0 aliphatic carbocycles. The molecule has 102 valence electrons. The van der Waals surface area contributed by atoms with Gasteiger partial charge in [-0.3, -0.25) is 4.79 Å². The third-order valence-electron chi connectivity index (χ3n) is 2.12. The first-order valence-corrected chi connectivity index (χ1v) is 7.13. The maximum Gasteiger partial charge on any atom is 0.318 e. The predicted molar refractivity (Wildman–Crippen MR) is 64.3 cm³/mol. The Hall–Kier alpha value is -0.660. The molecule has 17 heavy (non-hydrogen) atoms. The van der Waals surface area contributed by atoms with Gasteiger partial charge in [-0.15, -0.1) is 0 Å². The Kier molecular flexibility index (Phi) is 7.33. The number of carboxylic acid groups (broad SMARTS) is 1. The highest BCUT2D eigenvalue weighted by Crippen LogP contribution is 2.08. The molecule has 0 aliphatic rings. The lowest BCUT2D eigenvalue weighted by molar-refractivity contribution is -0.137. The molecule has 0 aliphatic heterocycles. The Labute approximate surface area is 103 Å². The molecule has 0 fully saturated rings. The average molecular weight is 267 g/mol. The molecular weight excluding hydrogens is 246 g/mol. The molecule has 0 amide bonds. The molecule has 0 heterocycles. The minimum absolute atomic E-state index is 0.0892. The fourth-order valence-electron chi connectivity index (χ4n) is 1.51. The lowest BCUT2D eigenvalue weighted by atomic mass is 10.2. The molecular formula is C10H21NO5S. The topological polar surface area (TPSA) is 83.9 Å². The zero-order chi connectivity index (χ0) is 13.5. The van der Waals surface area contributed by atoms with Crippen LogP contribution in [0.5, 0.6) is 0 Å². The summed E-state index contributed by atoms with van der Waals surface area (Å²) in [6.45, 7) is 3.66. The van der Waals surface area contributed by atoms with Gasteiger partial charge in [-0.05, 0) is 12.3 Å². The van der Waals surface area contributed by atoms with Crippen LogP contribution in [-0.2, 0) is 19.6 Å². The highest BCUT2D eigenvalue weighted by molar-refractivity contribution is 7.89. The molecule has 0 bridgehead atoms. The van der Waals surface area contributed by atoms with Crippen molar-refractivity contribution in [3.63, 3.8) is 0 Å². The van der Waals surface area contributed by atoms with Crippen LogP contribution in [0.25, 0.3) is 0 Å². The Morgan fingerprint density at radius 2 is 2.06 bits per heavy atom. The van der Waals surface area contributed by atoms with E-state index in [0.29, 0.717) is 13.0 Å². The van der Waals surface area contributed by atoms with Gasteiger partial charge in [0.05, 0.1) is 5.75 Å². The molecule has 7 heteroatoms. The van der Waals surface area contributed by atoms with Crippen LogP contribution >= 0.6 is 0 Å². The first-order valence-electron chi connectivity index (χ1n) is 5.52. The number of rotatable bonds is 9. The standard InChI is InChI=1S/C10H21NO5S/c1-4-5-11(6-10(12)13)17(14,15)8-9(2)7-16-3/h9H,4-8H2,1-3H3,(H,12,13). The molecule has 0 radical (unpaired) electrons. The van der Waals surface area contributed by atoms with Gasteiger partial charge in [-0.25, -0.2) is 8.42 Å². The molecule has 0 saturated heterocycles. The van der Waals surface area contributed by atoms with E-state index in [2.05, 4.69) is 0 Å². The van der Waals surface area contributed by atoms with E-state index in [1.807, 2.05) is 6.92 Å². The molecule has 6 nitrogen and oxygen atoms in total. The van der Waals surface area contributed by atoms with E-state index in [0.717, 1.165) is 4.31 Å². The maximum absolute atomic E-state index is 11.9. The van der Waals surface area contributed by atoms with Crippen molar-refractivity contribution in [2.24, 2.45) is 5.92 Å². The van der Waals surface area contributed by atoms with Crippen molar-refractivity contribution in [1.29, 1.82) is 0 Å². The average Bonchev–Trinajstić information content (AvgIpc) is 2.15. The van der Waals surface area contributed by atoms with Gasteiger partial charge in [0.1, 0.15) is 6.54 Å². The third kappa shape index (κ3) is 6.60. The van der Waals surface area contributed by atoms with E-state index in [4.69, 9.17) is 9.84 Å². The van der Waals surface area contributed by atoms with Crippen molar-refractivity contribution in [3.8, 4) is 0 Å². The second-order valence-electron chi connectivity index (χ2n) is 4.07.